The molecular formula is C26H20N6S. The summed E-state index contributed by atoms with van der Waals surface area (Å²) in [4.78, 5) is 18.8. The van der Waals surface area contributed by atoms with Gasteiger partial charge in [0.05, 0.1) is 22.4 Å². The van der Waals surface area contributed by atoms with Gasteiger partial charge in [0.25, 0.3) is 0 Å². The maximum atomic E-state index is 5.48. The van der Waals surface area contributed by atoms with Crippen LogP contribution in [0.1, 0.15) is 5.56 Å². The Kier molecular flexibility index (Phi) is 5.70. The minimum Gasteiger partial charge on any atom is -0.332 e. The molecular weight excluding hydrogens is 428 g/mol. The topological polar surface area (TPSA) is 75.6 Å². The first kappa shape index (κ1) is 20.7. The highest BCUT2D eigenvalue weighted by Gasteiger charge is 2.15. The fourth-order valence-corrected chi connectivity index (χ4v) is 3.66. The van der Waals surface area contributed by atoms with Gasteiger partial charge in [0.1, 0.15) is 11.4 Å². The van der Waals surface area contributed by atoms with E-state index < -0.39 is 0 Å². The first-order valence-corrected chi connectivity index (χ1v) is 10.9. The summed E-state index contributed by atoms with van der Waals surface area (Å²) in [5.41, 5.74) is 7.30. The minimum atomic E-state index is 0.501. The number of hydrogen-bond donors (Lipinski definition) is 2. The SMILES string of the molecule is Cc1ccc(NC(=S)Nc2ccc3nc(-c4ccccn4)c(-c4ccccn4)nc3c2)cc1. The fourth-order valence-electron chi connectivity index (χ4n) is 3.43. The fraction of sp³-hybridized carbons (Fsp3) is 0.0385. The van der Waals surface area contributed by atoms with Gasteiger partial charge < -0.3 is 10.6 Å². The third-order valence-corrected chi connectivity index (χ3v) is 5.25. The number of nitrogens with zero attached hydrogens (tertiary/aromatic N) is 4. The predicted molar refractivity (Wildman–Crippen MR) is 137 cm³/mol. The monoisotopic (exact) mass is 448 g/mol. The standard InChI is InChI=1S/C26H20N6S/c1-17-8-10-18(11-9-17)29-26(33)30-19-12-13-20-23(16-19)32-25(22-7-3-5-15-28-22)24(31-20)21-6-2-4-14-27-21/h2-16H,1H3,(H2,29,30,33). The molecule has 0 fully saturated rings. The molecule has 2 aromatic carbocycles. The first-order valence-electron chi connectivity index (χ1n) is 10.4. The summed E-state index contributed by atoms with van der Waals surface area (Å²) in [5.74, 6) is 0. The number of hydrogen-bond acceptors (Lipinski definition) is 5. The molecule has 160 valence electrons. The van der Waals surface area contributed by atoms with Gasteiger partial charge in [-0.05, 0) is 73.7 Å². The molecule has 5 rings (SSSR count). The zero-order valence-electron chi connectivity index (χ0n) is 17.9. The maximum absolute atomic E-state index is 5.48. The second-order valence-electron chi connectivity index (χ2n) is 7.50. The van der Waals surface area contributed by atoms with Crippen LogP contribution in [-0.4, -0.2) is 25.0 Å². The van der Waals surface area contributed by atoms with Crippen LogP contribution in [0.4, 0.5) is 11.4 Å². The number of thiocarbonyl (C=S) groups is 1. The Morgan fingerprint density at radius 3 is 1.85 bits per heavy atom. The summed E-state index contributed by atoms with van der Waals surface area (Å²) in [6.45, 7) is 2.05. The van der Waals surface area contributed by atoms with Crippen molar-refractivity contribution in [2.75, 3.05) is 10.6 Å². The lowest BCUT2D eigenvalue weighted by Crippen LogP contribution is -2.19. The molecule has 33 heavy (non-hydrogen) atoms. The Balaban J connectivity index is 1.50. The quantitative estimate of drug-likeness (QED) is 0.333. The average molecular weight is 449 g/mol. The van der Waals surface area contributed by atoms with E-state index in [1.165, 1.54) is 5.56 Å². The van der Waals surface area contributed by atoms with Crippen molar-refractivity contribution in [3.05, 3.63) is 96.8 Å². The lowest BCUT2D eigenvalue weighted by molar-refractivity contribution is 1.21. The Morgan fingerprint density at radius 1 is 0.667 bits per heavy atom. The average Bonchev–Trinajstić information content (AvgIpc) is 2.85. The number of aryl methyl sites for hydroxylation is 1. The van der Waals surface area contributed by atoms with E-state index >= 15 is 0 Å². The molecule has 0 radical (unpaired) electrons. The lowest BCUT2D eigenvalue weighted by atomic mass is 10.1. The van der Waals surface area contributed by atoms with Crippen molar-refractivity contribution in [3.63, 3.8) is 0 Å². The van der Waals surface area contributed by atoms with Crippen molar-refractivity contribution in [1.82, 2.24) is 19.9 Å². The van der Waals surface area contributed by atoms with Gasteiger partial charge in [-0.2, -0.15) is 0 Å². The molecule has 3 aromatic heterocycles. The molecule has 0 bridgehead atoms. The summed E-state index contributed by atoms with van der Waals surface area (Å²) in [6.07, 6.45) is 3.50. The van der Waals surface area contributed by atoms with Crippen LogP contribution >= 0.6 is 12.2 Å². The molecule has 2 N–H and O–H groups in total. The molecule has 0 aliphatic heterocycles. The molecule has 0 saturated heterocycles. The third-order valence-electron chi connectivity index (χ3n) is 5.05. The number of anilines is 2. The van der Waals surface area contributed by atoms with Gasteiger partial charge >= 0.3 is 0 Å². The van der Waals surface area contributed by atoms with Gasteiger partial charge in [-0.1, -0.05) is 29.8 Å². The van der Waals surface area contributed by atoms with Crippen LogP contribution < -0.4 is 10.6 Å². The van der Waals surface area contributed by atoms with E-state index in [4.69, 9.17) is 22.2 Å². The van der Waals surface area contributed by atoms with E-state index in [2.05, 4.69) is 27.5 Å². The highest BCUT2D eigenvalue weighted by molar-refractivity contribution is 7.80. The number of aromatic nitrogens is 4. The summed E-state index contributed by atoms with van der Waals surface area (Å²) >= 11 is 5.48. The van der Waals surface area contributed by atoms with Crippen molar-refractivity contribution >= 4 is 39.7 Å². The molecule has 0 spiro atoms. The molecule has 5 aromatic rings. The lowest BCUT2D eigenvalue weighted by Gasteiger charge is -2.13. The predicted octanol–water partition coefficient (Wildman–Crippen LogP) is 5.87. The van der Waals surface area contributed by atoms with Gasteiger partial charge in [-0.15, -0.1) is 0 Å². The molecule has 7 heteroatoms. The Hall–Kier alpha value is -4.23. The summed E-state index contributed by atoms with van der Waals surface area (Å²) < 4.78 is 0. The number of fused-ring (bicyclic) bond motifs is 1. The van der Waals surface area contributed by atoms with Crippen molar-refractivity contribution < 1.29 is 0 Å². The molecule has 0 atom stereocenters. The van der Waals surface area contributed by atoms with Gasteiger partial charge in [0.15, 0.2) is 5.11 Å². The zero-order valence-corrected chi connectivity index (χ0v) is 18.7. The molecule has 0 aliphatic carbocycles. The van der Waals surface area contributed by atoms with Crippen molar-refractivity contribution in [2.45, 2.75) is 6.92 Å². The van der Waals surface area contributed by atoms with Gasteiger partial charge in [-0.3, -0.25) is 9.97 Å². The van der Waals surface area contributed by atoms with Crippen molar-refractivity contribution in [2.24, 2.45) is 0 Å². The minimum absolute atomic E-state index is 0.501. The molecule has 0 aliphatic rings. The van der Waals surface area contributed by atoms with Crippen LogP contribution in [0.3, 0.4) is 0 Å². The summed E-state index contributed by atoms with van der Waals surface area (Å²) in [7, 11) is 0. The molecule has 0 amide bonds. The van der Waals surface area contributed by atoms with Crippen LogP contribution in [0.5, 0.6) is 0 Å². The van der Waals surface area contributed by atoms with Crippen LogP contribution in [0.15, 0.2) is 91.3 Å². The number of pyridine rings is 2. The van der Waals surface area contributed by atoms with Gasteiger partial charge in [-0.25, -0.2) is 9.97 Å². The normalized spacial score (nSPS) is 10.7. The van der Waals surface area contributed by atoms with E-state index in [9.17, 15) is 0 Å². The Labute approximate surface area is 196 Å². The van der Waals surface area contributed by atoms with Gasteiger partial charge in [0.2, 0.25) is 0 Å². The Morgan fingerprint density at radius 2 is 1.24 bits per heavy atom. The molecule has 3 heterocycles. The van der Waals surface area contributed by atoms with E-state index in [0.717, 1.165) is 33.8 Å². The van der Waals surface area contributed by atoms with Crippen LogP contribution in [0, 0.1) is 6.92 Å². The highest BCUT2D eigenvalue weighted by Crippen LogP contribution is 2.29. The summed E-state index contributed by atoms with van der Waals surface area (Å²) in [6, 6.07) is 25.3. The van der Waals surface area contributed by atoms with Crippen LogP contribution in [-0.2, 0) is 0 Å². The molecule has 0 unspecified atom stereocenters. The number of rotatable bonds is 4. The van der Waals surface area contributed by atoms with Crippen LogP contribution in [0.25, 0.3) is 33.8 Å². The van der Waals surface area contributed by atoms with Gasteiger partial charge in [0, 0.05) is 23.8 Å². The second kappa shape index (κ2) is 9.10. The zero-order chi connectivity index (χ0) is 22.6. The van der Waals surface area contributed by atoms with Crippen molar-refractivity contribution in [1.29, 1.82) is 0 Å². The summed E-state index contributed by atoms with van der Waals surface area (Å²) in [5, 5.41) is 6.93. The maximum Gasteiger partial charge on any atom is 0.175 e. The van der Waals surface area contributed by atoms with E-state index in [1.54, 1.807) is 12.4 Å². The van der Waals surface area contributed by atoms with Crippen molar-refractivity contribution in [3.8, 4) is 22.8 Å². The van der Waals surface area contributed by atoms with E-state index in [0.29, 0.717) is 16.5 Å². The van der Waals surface area contributed by atoms with Crippen LogP contribution in [0.2, 0.25) is 0 Å². The van der Waals surface area contributed by atoms with E-state index in [-0.39, 0.29) is 0 Å². The number of benzene rings is 2. The van der Waals surface area contributed by atoms with E-state index in [1.807, 2.05) is 78.9 Å². The first-order chi connectivity index (χ1) is 16.2. The number of nitrogens with one attached hydrogen (secondary N) is 2. The smallest absolute Gasteiger partial charge is 0.175 e. The second-order valence-corrected chi connectivity index (χ2v) is 7.91. The highest BCUT2D eigenvalue weighted by atomic mass is 32.1. The molecule has 6 nitrogen and oxygen atoms in total. The third kappa shape index (κ3) is 4.68. The largest absolute Gasteiger partial charge is 0.332 e. The molecule has 0 saturated carbocycles. The Bertz CT molecular complexity index is 1420.